The molecule has 0 bridgehead atoms. The first-order chi connectivity index (χ1) is 14.4. The van der Waals surface area contributed by atoms with Crippen LogP contribution in [0.4, 0.5) is 0 Å². The second kappa shape index (κ2) is 9.69. The number of aliphatic hydroxyl groups is 1. The lowest BCUT2D eigenvalue weighted by Crippen LogP contribution is -2.36. The second-order valence-electron chi connectivity index (χ2n) is 7.07. The SMILES string of the molecule is Cc1nc(-c2cccc(Cl)c2)n(CC(=O)N[C@H](C)c2ccccc2)c(=O)c1CCO. The van der Waals surface area contributed by atoms with Gasteiger partial charge in [0.05, 0.1) is 6.04 Å². The van der Waals surface area contributed by atoms with E-state index in [1.807, 2.05) is 37.3 Å². The molecule has 3 rings (SSSR count). The van der Waals surface area contributed by atoms with E-state index in [0.29, 0.717) is 27.7 Å². The molecule has 1 heterocycles. The van der Waals surface area contributed by atoms with Crippen molar-refractivity contribution in [1.29, 1.82) is 0 Å². The average molecular weight is 426 g/mol. The minimum Gasteiger partial charge on any atom is -0.396 e. The third-order valence-corrected chi connectivity index (χ3v) is 5.13. The van der Waals surface area contributed by atoms with E-state index in [1.165, 1.54) is 4.57 Å². The van der Waals surface area contributed by atoms with E-state index in [-0.39, 0.29) is 37.1 Å². The molecule has 0 aliphatic rings. The molecule has 30 heavy (non-hydrogen) atoms. The van der Waals surface area contributed by atoms with Crippen LogP contribution in [0, 0.1) is 6.92 Å². The highest BCUT2D eigenvalue weighted by Crippen LogP contribution is 2.21. The van der Waals surface area contributed by atoms with Crippen LogP contribution >= 0.6 is 11.6 Å². The Morgan fingerprint density at radius 2 is 1.93 bits per heavy atom. The minimum atomic E-state index is -0.339. The summed E-state index contributed by atoms with van der Waals surface area (Å²) < 4.78 is 1.34. The molecule has 3 aromatic rings. The molecule has 0 aliphatic carbocycles. The number of carbonyl (C=O) groups excluding carboxylic acids is 1. The predicted octanol–water partition coefficient (Wildman–Crippen LogP) is 3.28. The molecule has 7 heteroatoms. The first-order valence-corrected chi connectivity index (χ1v) is 10.1. The quantitative estimate of drug-likeness (QED) is 0.608. The topological polar surface area (TPSA) is 84.2 Å². The highest BCUT2D eigenvalue weighted by molar-refractivity contribution is 6.30. The third-order valence-electron chi connectivity index (χ3n) is 4.89. The number of nitrogens with zero attached hydrogens (tertiary/aromatic N) is 2. The van der Waals surface area contributed by atoms with E-state index in [1.54, 1.807) is 31.2 Å². The fourth-order valence-electron chi connectivity index (χ4n) is 3.35. The maximum absolute atomic E-state index is 13.1. The Bertz CT molecular complexity index is 1100. The van der Waals surface area contributed by atoms with E-state index in [4.69, 9.17) is 11.6 Å². The van der Waals surface area contributed by atoms with Crippen molar-refractivity contribution in [2.75, 3.05) is 6.61 Å². The van der Waals surface area contributed by atoms with Gasteiger partial charge in [0.2, 0.25) is 5.91 Å². The number of benzene rings is 2. The molecule has 6 nitrogen and oxygen atoms in total. The van der Waals surface area contributed by atoms with Gasteiger partial charge in [0.25, 0.3) is 5.56 Å². The van der Waals surface area contributed by atoms with Gasteiger partial charge in [-0.05, 0) is 31.5 Å². The Morgan fingerprint density at radius 3 is 2.60 bits per heavy atom. The van der Waals surface area contributed by atoms with Crippen molar-refractivity contribution >= 4 is 17.5 Å². The van der Waals surface area contributed by atoms with Crippen molar-refractivity contribution in [1.82, 2.24) is 14.9 Å². The summed E-state index contributed by atoms with van der Waals surface area (Å²) in [7, 11) is 0. The van der Waals surface area contributed by atoms with E-state index in [9.17, 15) is 14.7 Å². The number of amides is 1. The minimum absolute atomic E-state index is 0.175. The predicted molar refractivity (Wildman–Crippen MR) is 117 cm³/mol. The molecule has 2 N–H and O–H groups in total. The highest BCUT2D eigenvalue weighted by Gasteiger charge is 2.19. The van der Waals surface area contributed by atoms with Crippen molar-refractivity contribution in [3.63, 3.8) is 0 Å². The van der Waals surface area contributed by atoms with E-state index < -0.39 is 0 Å². The summed E-state index contributed by atoms with van der Waals surface area (Å²) in [6.07, 6.45) is 0.176. The summed E-state index contributed by atoms with van der Waals surface area (Å²) in [5.41, 5.74) is 2.19. The molecule has 2 aromatic carbocycles. The zero-order chi connectivity index (χ0) is 21.7. The van der Waals surface area contributed by atoms with Gasteiger partial charge in [0, 0.05) is 34.9 Å². The largest absolute Gasteiger partial charge is 0.396 e. The highest BCUT2D eigenvalue weighted by atomic mass is 35.5. The van der Waals surface area contributed by atoms with E-state index >= 15 is 0 Å². The zero-order valence-electron chi connectivity index (χ0n) is 16.9. The van der Waals surface area contributed by atoms with Crippen LogP contribution in [0.2, 0.25) is 5.02 Å². The Balaban J connectivity index is 1.98. The van der Waals surface area contributed by atoms with Gasteiger partial charge >= 0.3 is 0 Å². The first-order valence-electron chi connectivity index (χ1n) is 9.72. The van der Waals surface area contributed by atoms with Crippen molar-refractivity contribution in [3.05, 3.63) is 86.8 Å². The van der Waals surface area contributed by atoms with E-state index in [0.717, 1.165) is 5.56 Å². The van der Waals surface area contributed by atoms with Crippen molar-refractivity contribution < 1.29 is 9.90 Å². The molecule has 1 aromatic heterocycles. The summed E-state index contributed by atoms with van der Waals surface area (Å²) in [5.74, 6) is 0.0570. The summed E-state index contributed by atoms with van der Waals surface area (Å²) in [6.45, 7) is 3.25. The van der Waals surface area contributed by atoms with Crippen molar-refractivity contribution in [2.24, 2.45) is 0 Å². The number of aromatic nitrogens is 2. The molecule has 0 saturated heterocycles. The van der Waals surface area contributed by atoms with E-state index in [2.05, 4.69) is 10.3 Å². The Labute approximate surface area is 180 Å². The molecule has 156 valence electrons. The maximum Gasteiger partial charge on any atom is 0.257 e. The smallest absolute Gasteiger partial charge is 0.257 e. The van der Waals surface area contributed by atoms with Crippen LogP contribution in [0.3, 0.4) is 0 Å². The van der Waals surface area contributed by atoms with Crippen LogP contribution in [0.25, 0.3) is 11.4 Å². The van der Waals surface area contributed by atoms with Gasteiger partial charge in [-0.2, -0.15) is 0 Å². The standard InChI is InChI=1S/C23H24ClN3O3/c1-15(17-7-4-3-5-8-17)25-21(29)14-27-22(18-9-6-10-19(24)13-18)26-16(2)20(11-12-28)23(27)30/h3-10,13,15,28H,11-12,14H2,1-2H3,(H,25,29)/t15-/m1/s1. The van der Waals surface area contributed by atoms with Gasteiger partial charge in [-0.1, -0.05) is 54.1 Å². The lowest BCUT2D eigenvalue weighted by Gasteiger charge is -2.18. The maximum atomic E-state index is 13.1. The number of halogens is 1. The molecule has 0 radical (unpaired) electrons. The van der Waals surface area contributed by atoms with Gasteiger partial charge in [0.15, 0.2) is 0 Å². The molecule has 0 unspecified atom stereocenters. The molecule has 1 amide bonds. The van der Waals surface area contributed by atoms with Crippen LogP contribution in [-0.4, -0.2) is 27.2 Å². The molecule has 0 aliphatic heterocycles. The first kappa shape index (κ1) is 21.7. The summed E-state index contributed by atoms with van der Waals surface area (Å²) >= 11 is 6.12. The number of hydrogen-bond donors (Lipinski definition) is 2. The Morgan fingerprint density at radius 1 is 1.20 bits per heavy atom. The number of hydrogen-bond acceptors (Lipinski definition) is 4. The average Bonchev–Trinajstić information content (AvgIpc) is 2.73. The molecular formula is C23H24ClN3O3. The molecule has 0 fully saturated rings. The Kier molecular flexibility index (Phi) is 7.03. The number of aryl methyl sites for hydroxylation is 1. The van der Waals surface area contributed by atoms with Crippen LogP contribution in [0.1, 0.15) is 29.8 Å². The summed E-state index contributed by atoms with van der Waals surface area (Å²) in [5, 5.41) is 12.8. The Hall–Kier alpha value is -2.96. The molecule has 0 spiro atoms. The molecule has 0 saturated carbocycles. The number of aliphatic hydroxyl groups excluding tert-OH is 1. The number of nitrogens with one attached hydrogen (secondary N) is 1. The lowest BCUT2D eigenvalue weighted by atomic mass is 10.1. The van der Waals surface area contributed by atoms with Gasteiger partial charge in [0.1, 0.15) is 12.4 Å². The molecular weight excluding hydrogens is 402 g/mol. The van der Waals surface area contributed by atoms with Crippen molar-refractivity contribution in [3.8, 4) is 11.4 Å². The van der Waals surface area contributed by atoms with Crippen molar-refractivity contribution in [2.45, 2.75) is 32.9 Å². The van der Waals surface area contributed by atoms with Gasteiger partial charge in [-0.15, -0.1) is 0 Å². The lowest BCUT2D eigenvalue weighted by molar-refractivity contribution is -0.122. The third kappa shape index (κ3) is 4.96. The summed E-state index contributed by atoms with van der Waals surface area (Å²) in [6, 6.07) is 16.4. The zero-order valence-corrected chi connectivity index (χ0v) is 17.7. The van der Waals surface area contributed by atoms with Gasteiger partial charge < -0.3 is 10.4 Å². The summed E-state index contributed by atoms with van der Waals surface area (Å²) in [4.78, 5) is 30.5. The van der Waals surface area contributed by atoms with Crippen LogP contribution in [-0.2, 0) is 17.8 Å². The fourth-order valence-corrected chi connectivity index (χ4v) is 3.54. The number of carbonyl (C=O) groups is 1. The normalized spacial score (nSPS) is 11.9. The van der Waals surface area contributed by atoms with Crippen LogP contribution < -0.4 is 10.9 Å². The number of rotatable bonds is 7. The van der Waals surface area contributed by atoms with Gasteiger partial charge in [-0.3, -0.25) is 14.2 Å². The molecule has 1 atom stereocenters. The van der Waals surface area contributed by atoms with Crippen LogP contribution in [0.15, 0.2) is 59.4 Å². The monoisotopic (exact) mass is 425 g/mol. The van der Waals surface area contributed by atoms with Gasteiger partial charge in [-0.25, -0.2) is 4.98 Å². The second-order valence-corrected chi connectivity index (χ2v) is 7.51. The fraction of sp³-hybridized carbons (Fsp3) is 0.261. The van der Waals surface area contributed by atoms with Crippen LogP contribution in [0.5, 0.6) is 0 Å².